The zero-order valence-corrected chi connectivity index (χ0v) is 15.9. The van der Waals surface area contributed by atoms with Crippen LogP contribution in [0.1, 0.15) is 27.7 Å². The van der Waals surface area contributed by atoms with Crippen molar-refractivity contribution >= 4 is 0 Å². The van der Waals surface area contributed by atoms with Crippen LogP contribution in [-0.2, 0) is 9.47 Å². The Morgan fingerprint density at radius 1 is 0.609 bits per heavy atom. The van der Waals surface area contributed by atoms with Crippen LogP contribution in [-0.4, -0.2) is 104 Å². The smallest absolute Gasteiger partial charge is 0.296 e. The summed E-state index contributed by atoms with van der Waals surface area (Å²) in [6.45, 7) is 17.2. The predicted molar refractivity (Wildman–Crippen MR) is 93.3 cm³/mol. The molecule has 6 heteroatoms. The molecule has 0 aliphatic carbocycles. The van der Waals surface area contributed by atoms with Gasteiger partial charge in [0.1, 0.15) is 0 Å². The zero-order chi connectivity index (χ0) is 17.0. The van der Waals surface area contributed by atoms with Crippen LogP contribution in [0.4, 0.5) is 0 Å². The van der Waals surface area contributed by atoms with Crippen LogP contribution in [0.5, 0.6) is 0 Å². The van der Waals surface area contributed by atoms with Crippen molar-refractivity contribution in [2.75, 3.05) is 66.6 Å². The lowest BCUT2D eigenvalue weighted by molar-refractivity contribution is -0.379. The van der Waals surface area contributed by atoms with Gasteiger partial charge in [-0.3, -0.25) is 9.80 Å². The lowest BCUT2D eigenvalue weighted by Gasteiger charge is -2.52. The van der Waals surface area contributed by atoms with Crippen LogP contribution in [0.15, 0.2) is 0 Å². The molecule has 136 valence electrons. The average Bonchev–Trinajstić information content (AvgIpc) is 2.57. The zero-order valence-electron chi connectivity index (χ0n) is 15.9. The minimum Gasteiger partial charge on any atom is -0.328 e. The van der Waals surface area contributed by atoms with E-state index in [0.29, 0.717) is 12.1 Å². The molecule has 0 amide bonds. The van der Waals surface area contributed by atoms with E-state index in [1.165, 1.54) is 0 Å². The van der Waals surface area contributed by atoms with Gasteiger partial charge in [-0.2, -0.15) is 0 Å². The normalized spacial score (nSPS) is 24.0. The number of nitrogens with zero attached hydrogens (tertiary/aromatic N) is 4. The number of ether oxygens (including phenoxy) is 2. The van der Waals surface area contributed by atoms with E-state index in [4.69, 9.17) is 9.47 Å². The number of hydrogen-bond donors (Lipinski definition) is 0. The summed E-state index contributed by atoms with van der Waals surface area (Å²) in [4.78, 5) is 9.75. The molecular weight excluding hydrogens is 292 g/mol. The molecule has 2 heterocycles. The molecule has 0 aromatic carbocycles. The van der Waals surface area contributed by atoms with E-state index in [2.05, 4.69) is 47.3 Å². The first-order chi connectivity index (χ1) is 10.9. The molecule has 23 heavy (non-hydrogen) atoms. The number of rotatable bonds is 6. The second kappa shape index (κ2) is 8.23. The van der Waals surface area contributed by atoms with E-state index in [1.54, 1.807) is 14.2 Å². The minimum atomic E-state index is -0.716. The van der Waals surface area contributed by atoms with Gasteiger partial charge in [0.15, 0.2) is 0 Å². The summed E-state index contributed by atoms with van der Waals surface area (Å²) in [5, 5.41) is 0. The molecular formula is C17H36N4O2. The maximum absolute atomic E-state index is 5.95. The van der Waals surface area contributed by atoms with Crippen LogP contribution in [0.2, 0.25) is 0 Å². The topological polar surface area (TPSA) is 31.4 Å². The third kappa shape index (κ3) is 4.06. The Kier molecular flexibility index (Phi) is 6.83. The van der Waals surface area contributed by atoms with Crippen LogP contribution in [0, 0.1) is 0 Å². The third-order valence-corrected chi connectivity index (χ3v) is 5.42. The molecule has 0 spiro atoms. The molecule has 2 aliphatic rings. The highest BCUT2D eigenvalue weighted by atomic mass is 16.7. The van der Waals surface area contributed by atoms with Gasteiger partial charge < -0.3 is 9.47 Å². The highest BCUT2D eigenvalue weighted by Gasteiger charge is 2.46. The average molecular weight is 329 g/mol. The molecule has 6 nitrogen and oxygen atoms in total. The molecule has 2 saturated heterocycles. The standard InChI is InChI=1S/C17H36N4O2/c1-15(2)18-7-11-20(12-8-18)17(22-5,23-6)21-13-9-19(10-14-21)16(3)4/h15-16H,7-14H2,1-6H3. The van der Waals surface area contributed by atoms with Gasteiger partial charge in [0.2, 0.25) is 0 Å². The van der Waals surface area contributed by atoms with E-state index >= 15 is 0 Å². The molecule has 2 fully saturated rings. The van der Waals surface area contributed by atoms with Gasteiger partial charge >= 0.3 is 0 Å². The van der Waals surface area contributed by atoms with Gasteiger partial charge in [-0.05, 0) is 27.7 Å². The van der Waals surface area contributed by atoms with Crippen molar-refractivity contribution in [2.24, 2.45) is 0 Å². The minimum absolute atomic E-state index is 0.603. The maximum Gasteiger partial charge on any atom is 0.296 e. The third-order valence-electron chi connectivity index (χ3n) is 5.42. The van der Waals surface area contributed by atoms with Gasteiger partial charge in [0, 0.05) is 78.7 Å². The Morgan fingerprint density at radius 3 is 1.13 bits per heavy atom. The Hall–Kier alpha value is -0.240. The van der Waals surface area contributed by atoms with Crippen LogP contribution in [0.3, 0.4) is 0 Å². The molecule has 0 bridgehead atoms. The first-order valence-electron chi connectivity index (χ1n) is 9.03. The SMILES string of the molecule is COC(OC)(N1CCN(C(C)C)CC1)N1CCN(C(C)C)CC1. The van der Waals surface area contributed by atoms with Gasteiger partial charge in [-0.1, -0.05) is 0 Å². The fourth-order valence-electron chi connectivity index (χ4n) is 3.84. The van der Waals surface area contributed by atoms with Crippen molar-refractivity contribution in [2.45, 2.75) is 45.8 Å². The second-order valence-electron chi connectivity index (χ2n) is 7.19. The molecule has 0 unspecified atom stereocenters. The van der Waals surface area contributed by atoms with Crippen LogP contribution >= 0.6 is 0 Å². The Balaban J connectivity index is 2.02. The molecule has 0 aromatic rings. The lowest BCUT2D eigenvalue weighted by Crippen LogP contribution is -2.70. The largest absolute Gasteiger partial charge is 0.328 e. The number of piperazine rings is 2. The molecule has 0 aromatic heterocycles. The summed E-state index contributed by atoms with van der Waals surface area (Å²) in [7, 11) is 3.54. The van der Waals surface area contributed by atoms with E-state index in [9.17, 15) is 0 Å². The van der Waals surface area contributed by atoms with E-state index in [-0.39, 0.29) is 0 Å². The predicted octanol–water partition coefficient (Wildman–Crippen LogP) is 0.943. The Bertz CT molecular complexity index is 315. The van der Waals surface area contributed by atoms with Gasteiger partial charge in [-0.15, -0.1) is 0 Å². The molecule has 0 atom stereocenters. The number of methoxy groups -OCH3 is 2. The second-order valence-corrected chi connectivity index (χ2v) is 7.19. The van der Waals surface area contributed by atoms with Crippen LogP contribution < -0.4 is 0 Å². The Morgan fingerprint density at radius 2 is 0.913 bits per heavy atom. The monoisotopic (exact) mass is 328 g/mol. The molecule has 0 N–H and O–H groups in total. The van der Waals surface area contributed by atoms with Gasteiger partial charge in [-0.25, -0.2) is 9.80 Å². The molecule has 2 rings (SSSR count). The summed E-state index contributed by atoms with van der Waals surface area (Å²) < 4.78 is 11.9. The summed E-state index contributed by atoms with van der Waals surface area (Å²) in [5.41, 5.74) is 0. The first kappa shape index (κ1) is 19.1. The fourth-order valence-corrected chi connectivity index (χ4v) is 3.84. The van der Waals surface area contributed by atoms with Crippen molar-refractivity contribution in [3.8, 4) is 0 Å². The summed E-state index contributed by atoms with van der Waals surface area (Å²) >= 11 is 0. The van der Waals surface area contributed by atoms with Gasteiger partial charge in [0.25, 0.3) is 6.03 Å². The summed E-state index contributed by atoms with van der Waals surface area (Å²) in [6.07, 6.45) is 0. The van der Waals surface area contributed by atoms with Crippen molar-refractivity contribution < 1.29 is 9.47 Å². The fraction of sp³-hybridized carbons (Fsp3) is 1.00. The van der Waals surface area contributed by atoms with E-state index in [1.807, 2.05) is 0 Å². The Labute approximate surface area is 142 Å². The van der Waals surface area contributed by atoms with Crippen molar-refractivity contribution in [3.63, 3.8) is 0 Å². The molecule has 2 aliphatic heterocycles. The first-order valence-corrected chi connectivity index (χ1v) is 9.03. The number of hydrogen-bond acceptors (Lipinski definition) is 6. The quantitative estimate of drug-likeness (QED) is 0.675. The maximum atomic E-state index is 5.95. The molecule has 0 saturated carbocycles. The highest BCUT2D eigenvalue weighted by molar-refractivity contribution is 4.85. The summed E-state index contributed by atoms with van der Waals surface area (Å²) in [5.74, 6) is 0. The van der Waals surface area contributed by atoms with Gasteiger partial charge in [0.05, 0.1) is 0 Å². The molecule has 0 radical (unpaired) electrons. The van der Waals surface area contributed by atoms with Crippen LogP contribution in [0.25, 0.3) is 0 Å². The van der Waals surface area contributed by atoms with Crippen molar-refractivity contribution in [3.05, 3.63) is 0 Å². The lowest BCUT2D eigenvalue weighted by atomic mass is 10.2. The highest BCUT2D eigenvalue weighted by Crippen LogP contribution is 2.26. The summed E-state index contributed by atoms with van der Waals surface area (Å²) in [6, 6.07) is 0.490. The van der Waals surface area contributed by atoms with E-state index in [0.717, 1.165) is 52.4 Å². The van der Waals surface area contributed by atoms with Crippen molar-refractivity contribution in [1.29, 1.82) is 0 Å². The van der Waals surface area contributed by atoms with Crippen molar-refractivity contribution in [1.82, 2.24) is 19.6 Å². The van der Waals surface area contributed by atoms with E-state index < -0.39 is 6.03 Å².